The van der Waals surface area contributed by atoms with Gasteiger partial charge in [-0.25, -0.2) is 8.42 Å². The summed E-state index contributed by atoms with van der Waals surface area (Å²) in [6, 6.07) is 2.16. The van der Waals surface area contributed by atoms with Gasteiger partial charge >= 0.3 is 0 Å². The van der Waals surface area contributed by atoms with Crippen LogP contribution in [0.5, 0.6) is 11.5 Å². The third-order valence-electron chi connectivity index (χ3n) is 3.35. The van der Waals surface area contributed by atoms with Crippen LogP contribution in [0.2, 0.25) is 0 Å². The predicted molar refractivity (Wildman–Crippen MR) is 84.8 cm³/mol. The quantitative estimate of drug-likeness (QED) is 0.597. The molecule has 10 heteroatoms. The molecule has 1 N–H and O–H groups in total. The minimum atomic E-state index is -4.20. The number of likely N-dealkylation sites (N-methyl/N-ethyl adjacent to an activating group) is 1. The SMILES string of the molecule is CCN(CC(C)(C)O)S(=O)(=O)c1cc2c(cc1[N+](=O)[O-])OCCO2. The fourth-order valence-corrected chi connectivity index (χ4v) is 4.10. The number of nitro benzene ring substituents is 1. The first kappa shape index (κ1) is 18.4. The smallest absolute Gasteiger partial charge is 0.293 e. The number of hydrogen-bond donors (Lipinski definition) is 1. The van der Waals surface area contributed by atoms with Crippen LogP contribution in [0.15, 0.2) is 17.0 Å². The molecule has 0 aromatic heterocycles. The largest absolute Gasteiger partial charge is 0.486 e. The molecule has 0 radical (unpaired) electrons. The Morgan fingerprint density at radius 3 is 2.29 bits per heavy atom. The first-order valence-electron chi connectivity index (χ1n) is 7.37. The maximum Gasteiger partial charge on any atom is 0.293 e. The summed E-state index contributed by atoms with van der Waals surface area (Å²) in [4.78, 5) is 10.1. The zero-order valence-corrected chi connectivity index (χ0v) is 14.5. The van der Waals surface area contributed by atoms with Crippen LogP contribution in [0, 0.1) is 10.1 Å². The van der Waals surface area contributed by atoms with Gasteiger partial charge in [0.25, 0.3) is 5.69 Å². The highest BCUT2D eigenvalue weighted by Crippen LogP contribution is 2.39. The number of aliphatic hydroxyl groups is 1. The fourth-order valence-electron chi connectivity index (χ4n) is 2.35. The topological polar surface area (TPSA) is 119 Å². The van der Waals surface area contributed by atoms with E-state index in [1.807, 2.05) is 0 Å². The lowest BCUT2D eigenvalue weighted by Crippen LogP contribution is -2.42. The van der Waals surface area contributed by atoms with E-state index in [1.165, 1.54) is 13.8 Å². The molecule has 0 amide bonds. The number of nitrogens with zero attached hydrogens (tertiary/aromatic N) is 2. The molecule has 1 aliphatic rings. The highest BCUT2D eigenvalue weighted by Gasteiger charge is 2.35. The van der Waals surface area contributed by atoms with Crippen LogP contribution in [0.3, 0.4) is 0 Å². The molecule has 0 bridgehead atoms. The predicted octanol–water partition coefficient (Wildman–Crippen LogP) is 1.15. The van der Waals surface area contributed by atoms with E-state index in [2.05, 4.69) is 0 Å². The van der Waals surface area contributed by atoms with E-state index in [1.54, 1.807) is 6.92 Å². The first-order chi connectivity index (χ1) is 11.1. The second-order valence-corrected chi connectivity index (χ2v) is 7.87. The first-order valence-corrected chi connectivity index (χ1v) is 8.81. The summed E-state index contributed by atoms with van der Waals surface area (Å²) in [5.74, 6) is 0.280. The number of ether oxygens (including phenoxy) is 2. The lowest BCUT2D eigenvalue weighted by atomic mass is 10.1. The second-order valence-electron chi connectivity index (χ2n) is 5.96. The van der Waals surface area contributed by atoms with Gasteiger partial charge in [-0.05, 0) is 13.8 Å². The minimum Gasteiger partial charge on any atom is -0.486 e. The van der Waals surface area contributed by atoms with Crippen molar-refractivity contribution >= 4 is 15.7 Å². The molecule has 2 rings (SSSR count). The van der Waals surface area contributed by atoms with E-state index in [-0.39, 0.29) is 37.8 Å². The van der Waals surface area contributed by atoms with Crippen molar-refractivity contribution in [3.8, 4) is 11.5 Å². The van der Waals surface area contributed by atoms with Crippen molar-refractivity contribution in [1.82, 2.24) is 4.31 Å². The van der Waals surface area contributed by atoms with Crippen LogP contribution in [0.1, 0.15) is 20.8 Å². The lowest BCUT2D eigenvalue weighted by molar-refractivity contribution is -0.388. The minimum absolute atomic E-state index is 0.0535. The molecule has 0 spiro atoms. The molecule has 134 valence electrons. The summed E-state index contributed by atoms with van der Waals surface area (Å²) in [7, 11) is -4.20. The van der Waals surface area contributed by atoms with Gasteiger partial charge in [0.15, 0.2) is 16.4 Å². The van der Waals surface area contributed by atoms with E-state index < -0.39 is 31.1 Å². The molecule has 0 fully saturated rings. The Morgan fingerprint density at radius 2 is 1.83 bits per heavy atom. The number of rotatable bonds is 6. The fraction of sp³-hybridized carbons (Fsp3) is 0.571. The molecule has 0 atom stereocenters. The van der Waals surface area contributed by atoms with E-state index in [9.17, 15) is 23.6 Å². The summed E-state index contributed by atoms with van der Waals surface area (Å²) in [6.07, 6.45) is 0. The molecule has 1 aliphatic heterocycles. The molecule has 24 heavy (non-hydrogen) atoms. The van der Waals surface area contributed by atoms with E-state index in [0.29, 0.717) is 0 Å². The Bertz CT molecular complexity index is 740. The summed E-state index contributed by atoms with van der Waals surface area (Å²) in [6.45, 7) is 4.83. The molecule has 0 saturated heterocycles. The summed E-state index contributed by atoms with van der Waals surface area (Å²) in [5.41, 5.74) is -1.88. The molecule has 1 aromatic rings. The highest BCUT2D eigenvalue weighted by atomic mass is 32.2. The Balaban J connectivity index is 2.57. The number of benzene rings is 1. The highest BCUT2D eigenvalue weighted by molar-refractivity contribution is 7.89. The summed E-state index contributed by atoms with van der Waals surface area (Å²) < 4.78 is 37.3. The monoisotopic (exact) mass is 360 g/mol. The molecule has 0 saturated carbocycles. The van der Waals surface area contributed by atoms with E-state index in [0.717, 1.165) is 16.4 Å². The van der Waals surface area contributed by atoms with Crippen molar-refractivity contribution in [2.45, 2.75) is 31.3 Å². The average molecular weight is 360 g/mol. The second kappa shape index (κ2) is 6.54. The van der Waals surface area contributed by atoms with Gasteiger partial charge in [0.05, 0.1) is 16.6 Å². The molecular formula is C14H20N2O7S. The lowest BCUT2D eigenvalue weighted by Gasteiger charge is -2.27. The van der Waals surface area contributed by atoms with Gasteiger partial charge in [0.2, 0.25) is 10.0 Å². The van der Waals surface area contributed by atoms with Gasteiger partial charge in [-0.3, -0.25) is 10.1 Å². The van der Waals surface area contributed by atoms with E-state index >= 15 is 0 Å². The Kier molecular flexibility index (Phi) is 5.02. The van der Waals surface area contributed by atoms with Crippen LogP contribution >= 0.6 is 0 Å². The molecular weight excluding hydrogens is 340 g/mol. The Morgan fingerprint density at radius 1 is 1.29 bits per heavy atom. The van der Waals surface area contributed by atoms with Crippen LogP contribution in [0.4, 0.5) is 5.69 Å². The number of sulfonamides is 1. The van der Waals surface area contributed by atoms with Gasteiger partial charge in [-0.2, -0.15) is 4.31 Å². The van der Waals surface area contributed by atoms with Gasteiger partial charge in [-0.15, -0.1) is 0 Å². The standard InChI is InChI=1S/C14H20N2O7S/c1-4-15(9-14(2,3)17)24(20,21)13-8-12-11(22-5-6-23-12)7-10(13)16(18)19/h7-8,17H,4-6,9H2,1-3H3. The summed E-state index contributed by atoms with van der Waals surface area (Å²) in [5, 5.41) is 21.2. The van der Waals surface area contributed by atoms with Crippen LogP contribution < -0.4 is 9.47 Å². The van der Waals surface area contributed by atoms with Crippen LogP contribution in [-0.4, -0.2) is 54.7 Å². The van der Waals surface area contributed by atoms with Crippen LogP contribution in [0.25, 0.3) is 0 Å². The van der Waals surface area contributed by atoms with Crippen molar-refractivity contribution in [1.29, 1.82) is 0 Å². The number of nitro groups is 1. The zero-order valence-electron chi connectivity index (χ0n) is 13.7. The molecule has 0 unspecified atom stereocenters. The summed E-state index contributed by atoms with van der Waals surface area (Å²) >= 11 is 0. The molecule has 1 aromatic carbocycles. The van der Waals surface area contributed by atoms with Crippen molar-refractivity contribution < 1.29 is 27.9 Å². The maximum atomic E-state index is 12.9. The number of hydrogen-bond acceptors (Lipinski definition) is 7. The van der Waals surface area contributed by atoms with Crippen molar-refractivity contribution in [2.24, 2.45) is 0 Å². The van der Waals surface area contributed by atoms with Gasteiger partial charge in [0.1, 0.15) is 13.2 Å². The normalized spacial score (nSPS) is 14.7. The third-order valence-corrected chi connectivity index (χ3v) is 5.30. The third kappa shape index (κ3) is 3.77. The number of fused-ring (bicyclic) bond motifs is 1. The van der Waals surface area contributed by atoms with Crippen molar-refractivity contribution in [3.63, 3.8) is 0 Å². The molecule has 1 heterocycles. The molecule has 0 aliphatic carbocycles. The maximum absolute atomic E-state index is 12.9. The van der Waals surface area contributed by atoms with Gasteiger partial charge < -0.3 is 14.6 Å². The van der Waals surface area contributed by atoms with E-state index in [4.69, 9.17) is 9.47 Å². The Hall–Kier alpha value is -1.91. The molecule has 9 nitrogen and oxygen atoms in total. The van der Waals surface area contributed by atoms with Crippen molar-refractivity contribution in [3.05, 3.63) is 22.2 Å². The Labute approximate surface area is 140 Å². The van der Waals surface area contributed by atoms with Crippen molar-refractivity contribution in [2.75, 3.05) is 26.3 Å². The zero-order chi connectivity index (χ0) is 18.1. The average Bonchev–Trinajstić information content (AvgIpc) is 2.50. The van der Waals surface area contributed by atoms with Crippen LogP contribution in [-0.2, 0) is 10.0 Å². The van der Waals surface area contributed by atoms with Gasteiger partial charge in [-0.1, -0.05) is 6.92 Å². The van der Waals surface area contributed by atoms with Gasteiger partial charge in [0, 0.05) is 19.2 Å².